The second kappa shape index (κ2) is 8.21. The first-order valence-corrected chi connectivity index (χ1v) is 6.32. The third-order valence-electron chi connectivity index (χ3n) is 2.14. The Morgan fingerprint density at radius 2 is 1.37 bits per heavy atom. The third-order valence-corrected chi connectivity index (χ3v) is 2.67. The molecule has 2 aromatic carbocycles. The Kier molecular flexibility index (Phi) is 6.53. The van der Waals surface area contributed by atoms with Gasteiger partial charge < -0.3 is 4.74 Å². The zero-order chi connectivity index (χ0) is 14.1. The van der Waals surface area contributed by atoms with E-state index in [1.165, 1.54) is 7.11 Å². The van der Waals surface area contributed by atoms with Gasteiger partial charge in [-0.1, -0.05) is 64.5 Å². The third kappa shape index (κ3) is 5.48. The summed E-state index contributed by atoms with van der Waals surface area (Å²) < 4.78 is 5.41. The molecular weight excluding hydrogens is 308 g/mol. The molecule has 0 aliphatic heterocycles. The molecule has 0 N–H and O–H groups in total. The normalized spacial score (nSPS) is 8.95. The first kappa shape index (κ1) is 15.1. The summed E-state index contributed by atoms with van der Waals surface area (Å²) in [5, 5.41) is 0. The molecule has 0 fully saturated rings. The Morgan fingerprint density at radius 3 is 1.74 bits per heavy atom. The number of ketones is 1. The van der Waals surface area contributed by atoms with Crippen LogP contribution in [0.15, 0.2) is 65.1 Å². The lowest BCUT2D eigenvalue weighted by atomic mass is 10.1. The van der Waals surface area contributed by atoms with Gasteiger partial charge in [0.25, 0.3) is 5.78 Å². The van der Waals surface area contributed by atoms with E-state index >= 15 is 0 Å². The molecule has 0 aromatic heterocycles. The van der Waals surface area contributed by atoms with Crippen LogP contribution in [0, 0.1) is 0 Å². The highest BCUT2D eigenvalue weighted by Crippen LogP contribution is 2.05. The maximum atomic E-state index is 11.1. The molecule has 0 radical (unpaired) electrons. The Bertz CT molecular complexity index is 524. The molecule has 2 rings (SSSR count). The molecule has 0 spiro atoms. The fraction of sp³-hybridized carbons (Fsp3) is 0.0667. The number of carbonyl (C=O) groups is 2. The summed E-state index contributed by atoms with van der Waals surface area (Å²) in [6.07, 6.45) is 0. The lowest BCUT2D eigenvalue weighted by Gasteiger charge is -1.96. The number of carbonyl (C=O) groups excluding carboxylic acids is 2. The van der Waals surface area contributed by atoms with Gasteiger partial charge in [0.1, 0.15) is 0 Å². The smallest absolute Gasteiger partial charge is 0.379 e. The van der Waals surface area contributed by atoms with Gasteiger partial charge in [0.15, 0.2) is 0 Å². The fourth-order valence-electron chi connectivity index (χ4n) is 1.21. The van der Waals surface area contributed by atoms with Gasteiger partial charge in [-0.15, -0.1) is 0 Å². The molecule has 0 aliphatic carbocycles. The van der Waals surface area contributed by atoms with E-state index in [0.29, 0.717) is 5.56 Å². The van der Waals surface area contributed by atoms with Gasteiger partial charge in [-0.3, -0.25) is 4.79 Å². The SMILES string of the molecule is Brc1ccccc1.COC(=O)C(=O)c1ccccc1. The minimum atomic E-state index is -0.832. The minimum Gasteiger partial charge on any atom is -0.463 e. The number of halogens is 1. The van der Waals surface area contributed by atoms with Crippen LogP contribution in [0.3, 0.4) is 0 Å². The Morgan fingerprint density at radius 1 is 0.895 bits per heavy atom. The Balaban J connectivity index is 0.000000218. The van der Waals surface area contributed by atoms with E-state index < -0.39 is 11.8 Å². The number of Topliss-reactive ketones (excluding diaryl/α,β-unsaturated/α-hetero) is 1. The summed E-state index contributed by atoms with van der Waals surface area (Å²) in [6, 6.07) is 18.3. The van der Waals surface area contributed by atoms with E-state index in [1.54, 1.807) is 30.3 Å². The number of methoxy groups -OCH3 is 1. The van der Waals surface area contributed by atoms with Gasteiger partial charge in [0, 0.05) is 10.0 Å². The van der Waals surface area contributed by atoms with E-state index in [4.69, 9.17) is 0 Å². The van der Waals surface area contributed by atoms with E-state index in [-0.39, 0.29) is 0 Å². The average Bonchev–Trinajstić information content (AvgIpc) is 2.48. The van der Waals surface area contributed by atoms with Gasteiger partial charge in [-0.2, -0.15) is 0 Å². The summed E-state index contributed by atoms with van der Waals surface area (Å²) in [5.74, 6) is -1.45. The van der Waals surface area contributed by atoms with Crippen LogP contribution in [0.5, 0.6) is 0 Å². The van der Waals surface area contributed by atoms with Crippen molar-refractivity contribution >= 4 is 27.7 Å². The van der Waals surface area contributed by atoms with E-state index in [2.05, 4.69) is 20.7 Å². The van der Waals surface area contributed by atoms with Crippen molar-refractivity contribution in [3.8, 4) is 0 Å². The molecule has 4 heteroatoms. The zero-order valence-corrected chi connectivity index (χ0v) is 12.0. The largest absolute Gasteiger partial charge is 0.463 e. The van der Waals surface area contributed by atoms with Crippen LogP contribution in [0.25, 0.3) is 0 Å². The highest BCUT2D eigenvalue weighted by molar-refractivity contribution is 9.10. The maximum Gasteiger partial charge on any atom is 0.379 e. The highest BCUT2D eigenvalue weighted by Gasteiger charge is 2.14. The molecule has 98 valence electrons. The lowest BCUT2D eigenvalue weighted by molar-refractivity contribution is -0.135. The van der Waals surface area contributed by atoms with Crippen LogP contribution in [0.4, 0.5) is 0 Å². The van der Waals surface area contributed by atoms with Crippen molar-refractivity contribution in [3.05, 3.63) is 70.7 Å². The van der Waals surface area contributed by atoms with Gasteiger partial charge in [-0.05, 0) is 12.1 Å². The molecule has 0 atom stereocenters. The molecular formula is C15H13BrO3. The quantitative estimate of drug-likeness (QED) is 0.483. The Hall–Kier alpha value is -1.94. The predicted molar refractivity (Wildman–Crippen MR) is 76.9 cm³/mol. The summed E-state index contributed by atoms with van der Waals surface area (Å²) in [7, 11) is 1.18. The van der Waals surface area contributed by atoms with Crippen LogP contribution >= 0.6 is 15.9 Å². The van der Waals surface area contributed by atoms with Crippen LogP contribution in [-0.2, 0) is 9.53 Å². The molecule has 3 nitrogen and oxygen atoms in total. The van der Waals surface area contributed by atoms with Crippen LogP contribution in [-0.4, -0.2) is 18.9 Å². The van der Waals surface area contributed by atoms with Gasteiger partial charge in [0.2, 0.25) is 0 Å². The number of ether oxygens (including phenoxy) is 1. The van der Waals surface area contributed by atoms with Gasteiger partial charge in [0.05, 0.1) is 7.11 Å². The summed E-state index contributed by atoms with van der Waals surface area (Å²) in [6.45, 7) is 0. The van der Waals surface area contributed by atoms with Crippen molar-refractivity contribution in [2.24, 2.45) is 0 Å². The molecule has 0 saturated carbocycles. The monoisotopic (exact) mass is 320 g/mol. The fourth-order valence-corrected chi connectivity index (χ4v) is 1.52. The molecule has 2 aromatic rings. The zero-order valence-electron chi connectivity index (χ0n) is 10.4. The standard InChI is InChI=1S/C9H8O3.C6H5Br/c1-12-9(11)8(10)7-5-3-2-4-6-7;7-6-4-2-1-3-5-6/h2-6H,1H3;1-5H. The first-order chi connectivity index (χ1) is 9.15. The average molecular weight is 321 g/mol. The molecule has 19 heavy (non-hydrogen) atoms. The molecule has 0 heterocycles. The number of hydrogen-bond donors (Lipinski definition) is 0. The van der Waals surface area contributed by atoms with Crippen LogP contribution in [0.1, 0.15) is 10.4 Å². The highest BCUT2D eigenvalue weighted by atomic mass is 79.9. The van der Waals surface area contributed by atoms with E-state index in [0.717, 1.165) is 4.47 Å². The number of hydrogen-bond acceptors (Lipinski definition) is 3. The summed E-state index contributed by atoms with van der Waals surface area (Å²) >= 11 is 3.31. The molecule has 0 aliphatic rings. The van der Waals surface area contributed by atoms with E-state index in [9.17, 15) is 9.59 Å². The van der Waals surface area contributed by atoms with Crippen molar-refractivity contribution in [3.63, 3.8) is 0 Å². The van der Waals surface area contributed by atoms with Crippen LogP contribution in [0.2, 0.25) is 0 Å². The van der Waals surface area contributed by atoms with Crippen molar-refractivity contribution in [1.82, 2.24) is 0 Å². The lowest BCUT2D eigenvalue weighted by Crippen LogP contribution is -2.15. The second-order valence-electron chi connectivity index (χ2n) is 3.48. The Labute approximate surface area is 120 Å². The van der Waals surface area contributed by atoms with Crippen molar-refractivity contribution in [2.45, 2.75) is 0 Å². The molecule has 0 amide bonds. The van der Waals surface area contributed by atoms with Crippen molar-refractivity contribution in [2.75, 3.05) is 7.11 Å². The van der Waals surface area contributed by atoms with Crippen LogP contribution < -0.4 is 0 Å². The maximum absolute atomic E-state index is 11.1. The topological polar surface area (TPSA) is 43.4 Å². The summed E-state index contributed by atoms with van der Waals surface area (Å²) in [4.78, 5) is 21.8. The van der Waals surface area contributed by atoms with E-state index in [1.807, 2.05) is 30.3 Å². The predicted octanol–water partition coefficient (Wildman–Crippen LogP) is 3.49. The van der Waals surface area contributed by atoms with Crippen molar-refractivity contribution in [1.29, 1.82) is 0 Å². The minimum absolute atomic E-state index is 0.351. The van der Waals surface area contributed by atoms with Gasteiger partial charge >= 0.3 is 5.97 Å². The van der Waals surface area contributed by atoms with Crippen molar-refractivity contribution < 1.29 is 14.3 Å². The summed E-state index contributed by atoms with van der Waals surface area (Å²) in [5.41, 5.74) is 0.351. The molecule has 0 bridgehead atoms. The molecule has 0 unspecified atom stereocenters. The molecule has 0 saturated heterocycles. The second-order valence-corrected chi connectivity index (χ2v) is 4.40. The van der Waals surface area contributed by atoms with Gasteiger partial charge in [-0.25, -0.2) is 4.79 Å². The number of rotatable bonds is 2. The first-order valence-electron chi connectivity index (χ1n) is 5.53. The number of benzene rings is 2. The number of esters is 1.